The van der Waals surface area contributed by atoms with Gasteiger partial charge in [-0.05, 0) is 44.9 Å². The van der Waals surface area contributed by atoms with Crippen LogP contribution in [0.5, 0.6) is 0 Å². The SMILES string of the molecule is Cc1cccc2nc(C)n(C3CCCNC3)c(=O)c12. The summed E-state index contributed by atoms with van der Waals surface area (Å²) in [4.78, 5) is 17.4. The Hall–Kier alpha value is -1.68. The van der Waals surface area contributed by atoms with E-state index in [1.807, 2.05) is 36.6 Å². The van der Waals surface area contributed by atoms with E-state index in [2.05, 4.69) is 10.3 Å². The smallest absolute Gasteiger partial charge is 0.261 e. The van der Waals surface area contributed by atoms with Crippen molar-refractivity contribution in [1.29, 1.82) is 0 Å². The Morgan fingerprint density at radius 2 is 2.21 bits per heavy atom. The van der Waals surface area contributed by atoms with Gasteiger partial charge < -0.3 is 5.32 Å². The summed E-state index contributed by atoms with van der Waals surface area (Å²) < 4.78 is 1.88. The van der Waals surface area contributed by atoms with Gasteiger partial charge in [-0.1, -0.05) is 12.1 Å². The van der Waals surface area contributed by atoms with E-state index in [4.69, 9.17) is 0 Å². The highest BCUT2D eigenvalue weighted by molar-refractivity contribution is 5.81. The molecule has 19 heavy (non-hydrogen) atoms. The minimum atomic E-state index is 0.106. The Bertz CT molecular complexity index is 669. The van der Waals surface area contributed by atoms with Gasteiger partial charge in [0.2, 0.25) is 0 Å². The highest BCUT2D eigenvalue weighted by atomic mass is 16.1. The molecule has 1 atom stereocenters. The lowest BCUT2D eigenvalue weighted by atomic mass is 10.1. The van der Waals surface area contributed by atoms with Crippen molar-refractivity contribution in [2.45, 2.75) is 32.7 Å². The van der Waals surface area contributed by atoms with Crippen LogP contribution in [0, 0.1) is 13.8 Å². The lowest BCUT2D eigenvalue weighted by molar-refractivity contribution is 0.357. The zero-order valence-corrected chi connectivity index (χ0v) is 11.4. The van der Waals surface area contributed by atoms with E-state index in [1.54, 1.807) is 0 Å². The van der Waals surface area contributed by atoms with E-state index in [0.717, 1.165) is 48.2 Å². The first-order chi connectivity index (χ1) is 9.18. The first-order valence-electron chi connectivity index (χ1n) is 6.87. The second-order valence-corrected chi connectivity index (χ2v) is 5.30. The van der Waals surface area contributed by atoms with Crippen LogP contribution in [0.4, 0.5) is 0 Å². The second-order valence-electron chi connectivity index (χ2n) is 5.30. The van der Waals surface area contributed by atoms with Gasteiger partial charge in [-0.2, -0.15) is 0 Å². The first-order valence-corrected chi connectivity index (χ1v) is 6.87. The third kappa shape index (κ3) is 2.06. The standard InChI is InChI=1S/C15H19N3O/c1-10-5-3-7-13-14(10)15(19)18(11(2)17-13)12-6-4-8-16-9-12/h3,5,7,12,16H,4,6,8-9H2,1-2H3. The highest BCUT2D eigenvalue weighted by Crippen LogP contribution is 2.19. The fraction of sp³-hybridized carbons (Fsp3) is 0.467. The molecule has 1 unspecified atom stereocenters. The molecule has 2 aromatic rings. The molecule has 0 amide bonds. The average Bonchev–Trinajstić information content (AvgIpc) is 2.39. The number of hydrogen-bond acceptors (Lipinski definition) is 3. The molecule has 4 heteroatoms. The van der Waals surface area contributed by atoms with Crippen molar-refractivity contribution < 1.29 is 0 Å². The van der Waals surface area contributed by atoms with E-state index in [-0.39, 0.29) is 11.6 Å². The van der Waals surface area contributed by atoms with E-state index in [9.17, 15) is 4.79 Å². The van der Waals surface area contributed by atoms with Gasteiger partial charge in [0.15, 0.2) is 0 Å². The van der Waals surface area contributed by atoms with Crippen LogP contribution in [0.1, 0.15) is 30.3 Å². The van der Waals surface area contributed by atoms with Gasteiger partial charge in [0.05, 0.1) is 16.9 Å². The predicted octanol–water partition coefficient (Wildman–Crippen LogP) is 1.94. The summed E-state index contributed by atoms with van der Waals surface area (Å²) in [5, 5.41) is 4.13. The van der Waals surface area contributed by atoms with Crippen LogP contribution in [0.15, 0.2) is 23.0 Å². The zero-order valence-electron chi connectivity index (χ0n) is 11.4. The minimum Gasteiger partial charge on any atom is -0.315 e. The van der Waals surface area contributed by atoms with Gasteiger partial charge in [-0.25, -0.2) is 4.98 Å². The van der Waals surface area contributed by atoms with E-state index in [1.165, 1.54) is 0 Å². The van der Waals surface area contributed by atoms with Crippen LogP contribution in [-0.2, 0) is 0 Å². The molecule has 1 saturated heterocycles. The van der Waals surface area contributed by atoms with Crippen molar-refractivity contribution in [3.63, 3.8) is 0 Å². The van der Waals surface area contributed by atoms with Crippen molar-refractivity contribution >= 4 is 10.9 Å². The average molecular weight is 257 g/mol. The van der Waals surface area contributed by atoms with Crippen LogP contribution < -0.4 is 10.9 Å². The Balaban J connectivity index is 2.24. The molecule has 1 aliphatic heterocycles. The van der Waals surface area contributed by atoms with Crippen LogP contribution >= 0.6 is 0 Å². The number of nitrogens with one attached hydrogen (secondary N) is 1. The van der Waals surface area contributed by atoms with Gasteiger partial charge in [-0.3, -0.25) is 9.36 Å². The van der Waals surface area contributed by atoms with Crippen molar-refractivity contribution in [2.75, 3.05) is 13.1 Å². The summed E-state index contributed by atoms with van der Waals surface area (Å²) in [5.74, 6) is 0.816. The Labute approximate surface area is 112 Å². The molecule has 2 heterocycles. The van der Waals surface area contributed by atoms with Crippen molar-refractivity contribution in [3.8, 4) is 0 Å². The van der Waals surface area contributed by atoms with Gasteiger partial charge in [0, 0.05) is 6.54 Å². The van der Waals surface area contributed by atoms with Gasteiger partial charge in [-0.15, -0.1) is 0 Å². The maximum atomic E-state index is 12.8. The third-order valence-electron chi connectivity index (χ3n) is 3.95. The fourth-order valence-electron chi connectivity index (χ4n) is 3.00. The molecule has 1 aliphatic rings. The zero-order chi connectivity index (χ0) is 13.4. The quantitative estimate of drug-likeness (QED) is 0.849. The van der Waals surface area contributed by atoms with Gasteiger partial charge >= 0.3 is 0 Å². The maximum absolute atomic E-state index is 12.8. The molecule has 1 N–H and O–H groups in total. The summed E-state index contributed by atoms with van der Waals surface area (Å²) in [6, 6.07) is 6.08. The minimum absolute atomic E-state index is 0.106. The van der Waals surface area contributed by atoms with Gasteiger partial charge in [0.1, 0.15) is 5.82 Å². The second kappa shape index (κ2) is 4.78. The monoisotopic (exact) mass is 257 g/mol. The van der Waals surface area contributed by atoms with E-state index >= 15 is 0 Å². The van der Waals surface area contributed by atoms with Crippen molar-refractivity contribution in [1.82, 2.24) is 14.9 Å². The first kappa shape index (κ1) is 12.4. The fourth-order valence-corrected chi connectivity index (χ4v) is 3.00. The van der Waals surface area contributed by atoms with Gasteiger partial charge in [0.25, 0.3) is 5.56 Å². The number of nitrogens with zero attached hydrogens (tertiary/aromatic N) is 2. The normalized spacial score (nSPS) is 19.8. The molecular formula is C15H19N3O. The summed E-state index contributed by atoms with van der Waals surface area (Å²) in [6.45, 7) is 5.81. The topological polar surface area (TPSA) is 46.9 Å². The lowest BCUT2D eigenvalue weighted by Crippen LogP contribution is -2.38. The molecular weight excluding hydrogens is 238 g/mol. The molecule has 1 aromatic carbocycles. The molecule has 0 bridgehead atoms. The number of aromatic nitrogens is 2. The molecule has 0 spiro atoms. The molecule has 3 rings (SSSR count). The summed E-state index contributed by atoms with van der Waals surface area (Å²) in [5.41, 5.74) is 1.92. The molecule has 100 valence electrons. The number of rotatable bonds is 1. The van der Waals surface area contributed by atoms with Crippen molar-refractivity contribution in [3.05, 3.63) is 39.9 Å². The Morgan fingerprint density at radius 3 is 2.95 bits per heavy atom. The molecule has 4 nitrogen and oxygen atoms in total. The Kier molecular flexibility index (Phi) is 3.11. The van der Waals surface area contributed by atoms with Crippen molar-refractivity contribution in [2.24, 2.45) is 0 Å². The molecule has 1 fully saturated rings. The lowest BCUT2D eigenvalue weighted by Gasteiger charge is -2.26. The van der Waals surface area contributed by atoms with Crippen LogP contribution in [0.25, 0.3) is 10.9 Å². The molecule has 1 aromatic heterocycles. The largest absolute Gasteiger partial charge is 0.315 e. The van der Waals surface area contributed by atoms with E-state index < -0.39 is 0 Å². The number of aryl methyl sites for hydroxylation is 2. The molecule has 0 saturated carbocycles. The highest BCUT2D eigenvalue weighted by Gasteiger charge is 2.20. The number of piperidine rings is 1. The van der Waals surface area contributed by atoms with Crippen LogP contribution in [0.2, 0.25) is 0 Å². The third-order valence-corrected chi connectivity index (χ3v) is 3.95. The molecule has 0 radical (unpaired) electrons. The maximum Gasteiger partial charge on any atom is 0.261 e. The summed E-state index contributed by atoms with van der Waals surface area (Å²) in [7, 11) is 0. The number of hydrogen-bond donors (Lipinski definition) is 1. The number of fused-ring (bicyclic) bond motifs is 1. The summed E-state index contributed by atoms with van der Waals surface area (Å²) >= 11 is 0. The van der Waals surface area contributed by atoms with E-state index in [0.29, 0.717) is 0 Å². The molecule has 0 aliphatic carbocycles. The van der Waals surface area contributed by atoms with Crippen LogP contribution in [-0.4, -0.2) is 22.6 Å². The van der Waals surface area contributed by atoms with Crippen LogP contribution in [0.3, 0.4) is 0 Å². The predicted molar refractivity (Wildman–Crippen MR) is 76.6 cm³/mol. The Morgan fingerprint density at radius 1 is 1.37 bits per heavy atom. The number of benzene rings is 1. The summed E-state index contributed by atoms with van der Waals surface area (Å²) in [6.07, 6.45) is 2.16.